The minimum Gasteiger partial charge on any atom is -0.288 e. The van der Waals surface area contributed by atoms with Gasteiger partial charge in [0.25, 0.3) is 0 Å². The van der Waals surface area contributed by atoms with Crippen molar-refractivity contribution in [1.29, 1.82) is 0 Å². The number of aryl methyl sites for hydroxylation is 2. The molecule has 0 fully saturated rings. The quantitative estimate of drug-likeness (QED) is 0.466. The SMILES string of the molecule is Cc1ccc(N2Sc3ccccc3N(Cc3ccccc3Cl)C2=O)cc1C. The lowest BCUT2D eigenvalue weighted by atomic mass is 10.1. The Hall–Kier alpha value is -2.43. The Balaban J connectivity index is 1.76. The van der Waals surface area contributed by atoms with E-state index in [1.54, 1.807) is 9.21 Å². The third-order valence-corrected chi connectivity index (χ3v) is 6.22. The molecule has 5 heteroatoms. The zero-order chi connectivity index (χ0) is 19.0. The fourth-order valence-electron chi connectivity index (χ4n) is 3.07. The molecule has 1 aliphatic rings. The van der Waals surface area contributed by atoms with Crippen LogP contribution in [0.2, 0.25) is 5.02 Å². The van der Waals surface area contributed by atoms with Crippen LogP contribution in [0.1, 0.15) is 16.7 Å². The van der Waals surface area contributed by atoms with Crippen LogP contribution >= 0.6 is 23.5 Å². The van der Waals surface area contributed by atoms with E-state index in [4.69, 9.17) is 11.6 Å². The van der Waals surface area contributed by atoms with Gasteiger partial charge in [-0.15, -0.1) is 0 Å². The summed E-state index contributed by atoms with van der Waals surface area (Å²) in [6, 6.07) is 21.7. The molecule has 3 aromatic carbocycles. The van der Waals surface area contributed by atoms with Crippen molar-refractivity contribution in [2.24, 2.45) is 0 Å². The summed E-state index contributed by atoms with van der Waals surface area (Å²) in [6.45, 7) is 4.56. The molecule has 3 nitrogen and oxygen atoms in total. The smallest absolute Gasteiger partial charge is 0.288 e. The van der Waals surface area contributed by atoms with Gasteiger partial charge in [-0.2, -0.15) is 0 Å². The van der Waals surface area contributed by atoms with Gasteiger partial charge in [0.2, 0.25) is 0 Å². The van der Waals surface area contributed by atoms with Crippen LogP contribution in [-0.2, 0) is 6.54 Å². The number of fused-ring (bicyclic) bond motifs is 1. The zero-order valence-electron chi connectivity index (χ0n) is 15.1. The number of urea groups is 1. The minimum absolute atomic E-state index is 0.0677. The van der Waals surface area contributed by atoms with Crippen molar-refractivity contribution < 1.29 is 4.79 Å². The van der Waals surface area contributed by atoms with Crippen LogP contribution in [0.3, 0.4) is 0 Å². The van der Waals surface area contributed by atoms with Gasteiger partial charge in [-0.05, 0) is 72.8 Å². The summed E-state index contributed by atoms with van der Waals surface area (Å²) in [6.07, 6.45) is 0. The van der Waals surface area contributed by atoms with E-state index in [0.29, 0.717) is 11.6 Å². The van der Waals surface area contributed by atoms with Crippen molar-refractivity contribution in [3.8, 4) is 0 Å². The van der Waals surface area contributed by atoms with Gasteiger partial charge >= 0.3 is 6.03 Å². The van der Waals surface area contributed by atoms with Gasteiger partial charge in [-0.25, -0.2) is 9.10 Å². The summed E-state index contributed by atoms with van der Waals surface area (Å²) in [5, 5.41) is 0.665. The van der Waals surface area contributed by atoms with Crippen LogP contribution in [0.25, 0.3) is 0 Å². The second kappa shape index (κ2) is 7.29. The van der Waals surface area contributed by atoms with E-state index in [1.165, 1.54) is 17.5 Å². The fourth-order valence-corrected chi connectivity index (χ4v) is 4.27. The van der Waals surface area contributed by atoms with Crippen LogP contribution in [0.15, 0.2) is 71.6 Å². The number of amides is 2. The van der Waals surface area contributed by atoms with Gasteiger partial charge in [0, 0.05) is 5.02 Å². The molecule has 1 aliphatic heterocycles. The number of nitrogens with zero attached hydrogens (tertiary/aromatic N) is 2. The van der Waals surface area contributed by atoms with Crippen molar-refractivity contribution in [1.82, 2.24) is 0 Å². The molecule has 0 bridgehead atoms. The normalized spacial score (nSPS) is 13.7. The molecule has 3 aromatic rings. The number of para-hydroxylation sites is 1. The van der Waals surface area contributed by atoms with Crippen LogP contribution in [0, 0.1) is 13.8 Å². The molecule has 0 unspecified atom stereocenters. The monoisotopic (exact) mass is 394 g/mol. The molecule has 0 aromatic heterocycles. The molecular weight excluding hydrogens is 376 g/mol. The van der Waals surface area contributed by atoms with Crippen molar-refractivity contribution >= 4 is 41.0 Å². The molecule has 1 heterocycles. The first kappa shape index (κ1) is 18.0. The number of carbonyl (C=O) groups is 1. The molecule has 0 saturated carbocycles. The van der Waals surface area contributed by atoms with E-state index >= 15 is 0 Å². The third kappa shape index (κ3) is 3.43. The number of hydrogen-bond acceptors (Lipinski definition) is 2. The Morgan fingerprint density at radius 3 is 2.44 bits per heavy atom. The van der Waals surface area contributed by atoms with E-state index in [2.05, 4.69) is 26.0 Å². The van der Waals surface area contributed by atoms with E-state index in [-0.39, 0.29) is 6.03 Å². The Morgan fingerprint density at radius 1 is 0.926 bits per heavy atom. The maximum Gasteiger partial charge on any atom is 0.339 e. The molecule has 0 saturated heterocycles. The van der Waals surface area contributed by atoms with Crippen molar-refractivity contribution in [3.63, 3.8) is 0 Å². The van der Waals surface area contributed by atoms with Gasteiger partial charge < -0.3 is 0 Å². The highest BCUT2D eigenvalue weighted by Crippen LogP contribution is 2.42. The fraction of sp³-hybridized carbons (Fsp3) is 0.136. The predicted molar refractivity (Wildman–Crippen MR) is 114 cm³/mol. The summed E-state index contributed by atoms with van der Waals surface area (Å²) in [7, 11) is 0. The molecule has 2 amide bonds. The summed E-state index contributed by atoms with van der Waals surface area (Å²) in [5.74, 6) is 0. The molecule has 0 radical (unpaired) electrons. The first-order valence-electron chi connectivity index (χ1n) is 8.74. The highest BCUT2D eigenvalue weighted by Gasteiger charge is 2.32. The summed E-state index contributed by atoms with van der Waals surface area (Å²) in [5.41, 5.74) is 5.09. The van der Waals surface area contributed by atoms with Crippen LogP contribution < -0.4 is 9.21 Å². The molecule has 4 rings (SSSR count). The molecule has 0 aliphatic carbocycles. The van der Waals surface area contributed by atoms with Gasteiger partial charge in [0.1, 0.15) is 0 Å². The topological polar surface area (TPSA) is 23.6 Å². The van der Waals surface area contributed by atoms with E-state index in [9.17, 15) is 4.79 Å². The first-order valence-corrected chi connectivity index (χ1v) is 9.89. The van der Waals surface area contributed by atoms with E-state index in [0.717, 1.165) is 27.4 Å². The van der Waals surface area contributed by atoms with Crippen molar-refractivity contribution in [2.45, 2.75) is 25.3 Å². The Morgan fingerprint density at radius 2 is 1.67 bits per heavy atom. The zero-order valence-corrected chi connectivity index (χ0v) is 16.7. The molecular formula is C22H19ClN2OS. The maximum atomic E-state index is 13.4. The number of carbonyl (C=O) groups excluding carboxylic acids is 1. The largest absolute Gasteiger partial charge is 0.339 e. The number of hydrogen-bond donors (Lipinski definition) is 0. The number of halogens is 1. The highest BCUT2D eigenvalue weighted by atomic mass is 35.5. The lowest BCUT2D eigenvalue weighted by Crippen LogP contribution is -2.42. The summed E-state index contributed by atoms with van der Waals surface area (Å²) < 4.78 is 1.76. The second-order valence-electron chi connectivity index (χ2n) is 6.58. The van der Waals surface area contributed by atoms with Gasteiger partial charge in [0.15, 0.2) is 0 Å². The van der Waals surface area contributed by atoms with Gasteiger partial charge in [-0.3, -0.25) is 4.90 Å². The molecule has 27 heavy (non-hydrogen) atoms. The molecule has 0 spiro atoms. The lowest BCUT2D eigenvalue weighted by Gasteiger charge is -2.36. The van der Waals surface area contributed by atoms with E-state index in [1.807, 2.05) is 54.6 Å². The number of rotatable bonds is 3. The number of anilines is 2. The van der Waals surface area contributed by atoms with Crippen LogP contribution in [0.4, 0.5) is 16.2 Å². The Bertz CT molecular complexity index is 1020. The second-order valence-corrected chi connectivity index (χ2v) is 7.98. The summed E-state index contributed by atoms with van der Waals surface area (Å²) >= 11 is 7.81. The third-order valence-electron chi connectivity index (χ3n) is 4.76. The van der Waals surface area contributed by atoms with Crippen molar-refractivity contribution in [2.75, 3.05) is 9.21 Å². The Kier molecular flexibility index (Phi) is 4.85. The average Bonchev–Trinajstić information content (AvgIpc) is 2.67. The van der Waals surface area contributed by atoms with Gasteiger partial charge in [0.05, 0.1) is 22.8 Å². The number of benzene rings is 3. The van der Waals surface area contributed by atoms with Gasteiger partial charge in [-0.1, -0.05) is 48.0 Å². The predicted octanol–water partition coefficient (Wildman–Crippen LogP) is 6.61. The van der Waals surface area contributed by atoms with Crippen LogP contribution in [-0.4, -0.2) is 6.03 Å². The average molecular weight is 395 g/mol. The standard InChI is InChI=1S/C22H19ClN2OS/c1-15-11-12-18(13-16(15)2)25-22(26)24(14-17-7-3-4-8-19(17)23)20-9-5-6-10-21(20)27-25/h3-13H,14H2,1-2H3. The molecule has 0 N–H and O–H groups in total. The first-order chi connectivity index (χ1) is 13.0. The maximum absolute atomic E-state index is 13.4. The molecule has 136 valence electrons. The minimum atomic E-state index is -0.0677. The Labute approximate surface area is 168 Å². The molecule has 0 atom stereocenters. The highest BCUT2D eigenvalue weighted by molar-refractivity contribution is 8.01. The lowest BCUT2D eigenvalue weighted by molar-refractivity contribution is 0.254. The van der Waals surface area contributed by atoms with Crippen molar-refractivity contribution in [3.05, 3.63) is 88.4 Å². The summed E-state index contributed by atoms with van der Waals surface area (Å²) in [4.78, 5) is 16.2. The van der Waals surface area contributed by atoms with Crippen LogP contribution in [0.5, 0.6) is 0 Å². The van der Waals surface area contributed by atoms with E-state index < -0.39 is 0 Å².